The van der Waals surface area contributed by atoms with Crippen LogP contribution in [-0.4, -0.2) is 87.8 Å². The molecule has 2 aromatic rings. The van der Waals surface area contributed by atoms with Gasteiger partial charge in [-0.1, -0.05) is 18.2 Å². The van der Waals surface area contributed by atoms with E-state index in [0.717, 1.165) is 10.9 Å². The summed E-state index contributed by atoms with van der Waals surface area (Å²) in [4.78, 5) is 71.5. The number of aliphatic imine (C=N–C) groups is 1. The van der Waals surface area contributed by atoms with Crippen molar-refractivity contribution in [3.05, 3.63) is 36.0 Å². The van der Waals surface area contributed by atoms with Gasteiger partial charge in [0.15, 0.2) is 5.96 Å². The van der Waals surface area contributed by atoms with E-state index in [9.17, 15) is 29.1 Å². The van der Waals surface area contributed by atoms with Crippen LogP contribution in [0.4, 0.5) is 0 Å². The van der Waals surface area contributed by atoms with Crippen LogP contribution in [-0.2, 0) is 30.4 Å². The van der Waals surface area contributed by atoms with E-state index in [0.29, 0.717) is 18.4 Å². The van der Waals surface area contributed by atoms with Crippen LogP contribution in [0.5, 0.6) is 0 Å². The van der Waals surface area contributed by atoms with Crippen LogP contribution in [0, 0.1) is 0 Å². The second kappa shape index (κ2) is 14.1. The molecule has 41 heavy (non-hydrogen) atoms. The highest BCUT2D eigenvalue weighted by Crippen LogP contribution is 2.23. The highest BCUT2D eigenvalue weighted by molar-refractivity contribution is 5.96. The number of likely N-dealkylation sites (tertiary alicyclic amines) is 1. The van der Waals surface area contributed by atoms with Gasteiger partial charge in [-0.2, -0.15) is 0 Å². The normalized spacial score (nSPS) is 16.9. The maximum Gasteiger partial charge on any atom is 0.326 e. The van der Waals surface area contributed by atoms with E-state index in [4.69, 9.17) is 22.9 Å². The Morgan fingerprint density at radius 3 is 2.46 bits per heavy atom. The number of nitrogens with two attached hydrogens (primary N) is 4. The molecule has 3 rings (SSSR count). The Morgan fingerprint density at radius 1 is 1.07 bits per heavy atom. The Labute approximate surface area is 236 Å². The predicted octanol–water partition coefficient (Wildman–Crippen LogP) is -1.99. The molecular formula is C26H37N9O6. The maximum absolute atomic E-state index is 13.6. The number of fused-ring (bicyclic) bond motifs is 1. The lowest BCUT2D eigenvalue weighted by molar-refractivity contribution is -0.149. The summed E-state index contributed by atoms with van der Waals surface area (Å²) >= 11 is 0. The second-order valence-electron chi connectivity index (χ2n) is 9.94. The topological polar surface area (TPSA) is 265 Å². The van der Waals surface area contributed by atoms with Crippen LogP contribution < -0.4 is 33.6 Å². The summed E-state index contributed by atoms with van der Waals surface area (Å²) in [6, 6.07) is 2.71. The molecule has 12 N–H and O–H groups in total. The largest absolute Gasteiger partial charge is 0.480 e. The van der Waals surface area contributed by atoms with Gasteiger partial charge >= 0.3 is 5.97 Å². The number of aromatic amines is 1. The van der Waals surface area contributed by atoms with Crippen LogP contribution >= 0.6 is 0 Å². The van der Waals surface area contributed by atoms with Crippen LogP contribution in [0.25, 0.3) is 10.9 Å². The van der Waals surface area contributed by atoms with Gasteiger partial charge in [0.25, 0.3) is 0 Å². The maximum atomic E-state index is 13.6. The number of primary amides is 1. The first-order chi connectivity index (χ1) is 19.5. The number of carbonyl (C=O) groups excluding carboxylic acids is 4. The number of guanidine groups is 1. The minimum Gasteiger partial charge on any atom is -0.480 e. The van der Waals surface area contributed by atoms with Crippen molar-refractivity contribution >= 4 is 46.5 Å². The summed E-state index contributed by atoms with van der Waals surface area (Å²) in [5.41, 5.74) is 23.4. The van der Waals surface area contributed by atoms with Gasteiger partial charge < -0.3 is 48.6 Å². The molecule has 0 saturated carbocycles. The number of aliphatic carboxylic acids is 1. The Hall–Kier alpha value is -4.66. The first-order valence-electron chi connectivity index (χ1n) is 13.3. The van der Waals surface area contributed by atoms with Gasteiger partial charge in [0, 0.05) is 36.6 Å². The molecule has 2 heterocycles. The van der Waals surface area contributed by atoms with Crippen molar-refractivity contribution in [1.82, 2.24) is 20.5 Å². The fourth-order valence-corrected chi connectivity index (χ4v) is 4.82. The van der Waals surface area contributed by atoms with Gasteiger partial charge in [0.2, 0.25) is 23.6 Å². The van der Waals surface area contributed by atoms with Crippen LogP contribution in [0.2, 0.25) is 0 Å². The molecule has 1 fully saturated rings. The molecule has 0 spiro atoms. The summed E-state index contributed by atoms with van der Waals surface area (Å²) in [6.07, 6.45) is 2.56. The van der Waals surface area contributed by atoms with Gasteiger partial charge in [-0.15, -0.1) is 0 Å². The van der Waals surface area contributed by atoms with E-state index in [2.05, 4.69) is 20.6 Å². The zero-order chi connectivity index (χ0) is 30.1. The number of H-pyrrole nitrogens is 1. The number of carbonyl (C=O) groups is 5. The number of nitrogens with one attached hydrogen (secondary N) is 3. The number of carboxylic acids is 1. The van der Waals surface area contributed by atoms with Crippen LogP contribution in [0.15, 0.2) is 35.5 Å². The number of rotatable bonds is 14. The van der Waals surface area contributed by atoms with E-state index < -0.39 is 60.2 Å². The smallest absolute Gasteiger partial charge is 0.326 e. The number of hydrogen-bond acceptors (Lipinski definition) is 7. The Morgan fingerprint density at radius 2 is 1.78 bits per heavy atom. The van der Waals surface area contributed by atoms with Crippen LogP contribution in [0.1, 0.15) is 37.7 Å². The third-order valence-corrected chi connectivity index (χ3v) is 6.88. The molecule has 15 heteroatoms. The number of hydrogen-bond donors (Lipinski definition) is 8. The van der Waals surface area contributed by atoms with Gasteiger partial charge in [-0.25, -0.2) is 4.79 Å². The van der Waals surface area contributed by atoms with Crippen molar-refractivity contribution in [2.24, 2.45) is 27.9 Å². The molecule has 0 aliphatic carbocycles. The van der Waals surface area contributed by atoms with Crippen molar-refractivity contribution in [1.29, 1.82) is 0 Å². The SMILES string of the molecule is NC(=O)CC(NC(=O)C(N)CCCN=C(N)N)C(=O)NC(Cc1c[nH]c2ccccc12)C(=O)N1CCCC1C(=O)O. The molecule has 1 saturated heterocycles. The minimum absolute atomic E-state index is 0.0268. The molecule has 1 aliphatic rings. The zero-order valence-electron chi connectivity index (χ0n) is 22.5. The third kappa shape index (κ3) is 8.41. The molecule has 222 valence electrons. The standard InChI is InChI=1S/C26H37N9O6/c27-16(6-3-9-31-26(29)30)22(37)33-18(12-21(28)36)23(38)34-19(24(39)35-10-4-8-20(35)25(40)41)11-14-13-32-17-7-2-1-5-15(14)17/h1-2,5,7,13,16,18-20,32H,3-4,6,8-12,27H2,(H2,28,36)(H,33,37)(H,34,38)(H,40,41)(H4,29,30,31). The van der Waals surface area contributed by atoms with Crippen molar-refractivity contribution in [2.75, 3.05) is 13.1 Å². The molecule has 1 aromatic heterocycles. The van der Waals surface area contributed by atoms with Crippen molar-refractivity contribution in [3.63, 3.8) is 0 Å². The van der Waals surface area contributed by atoms with E-state index >= 15 is 0 Å². The number of carboxylic acid groups (broad SMARTS) is 1. The second-order valence-corrected chi connectivity index (χ2v) is 9.94. The lowest BCUT2D eigenvalue weighted by Crippen LogP contribution is -2.58. The first-order valence-corrected chi connectivity index (χ1v) is 13.3. The highest BCUT2D eigenvalue weighted by Gasteiger charge is 2.39. The molecule has 4 unspecified atom stereocenters. The number of para-hydroxylation sites is 1. The van der Waals surface area contributed by atoms with E-state index in [1.54, 1.807) is 6.20 Å². The monoisotopic (exact) mass is 571 g/mol. The average Bonchev–Trinajstić information content (AvgIpc) is 3.57. The van der Waals surface area contributed by atoms with Crippen molar-refractivity contribution < 1.29 is 29.1 Å². The zero-order valence-corrected chi connectivity index (χ0v) is 22.5. The van der Waals surface area contributed by atoms with E-state index in [-0.39, 0.29) is 38.3 Å². The van der Waals surface area contributed by atoms with Crippen molar-refractivity contribution in [2.45, 2.75) is 62.7 Å². The first kappa shape index (κ1) is 30.9. The highest BCUT2D eigenvalue weighted by atomic mass is 16.4. The van der Waals surface area contributed by atoms with Gasteiger partial charge in [0.1, 0.15) is 18.1 Å². The molecule has 1 aromatic carbocycles. The van der Waals surface area contributed by atoms with Gasteiger partial charge in [0.05, 0.1) is 12.5 Å². The number of aromatic nitrogens is 1. The summed E-state index contributed by atoms with van der Waals surface area (Å²) in [7, 11) is 0. The summed E-state index contributed by atoms with van der Waals surface area (Å²) in [5, 5.41) is 15.5. The minimum atomic E-state index is -1.42. The molecule has 0 radical (unpaired) electrons. The third-order valence-electron chi connectivity index (χ3n) is 6.88. The Kier molecular flexibility index (Phi) is 10.6. The number of amides is 4. The molecule has 1 aliphatic heterocycles. The number of benzene rings is 1. The fourth-order valence-electron chi connectivity index (χ4n) is 4.82. The Bertz CT molecular complexity index is 1310. The Balaban J connectivity index is 1.80. The van der Waals surface area contributed by atoms with Gasteiger partial charge in [-0.3, -0.25) is 24.2 Å². The van der Waals surface area contributed by atoms with Crippen molar-refractivity contribution in [3.8, 4) is 0 Å². The molecule has 4 amide bonds. The molecular weight excluding hydrogens is 534 g/mol. The van der Waals surface area contributed by atoms with Gasteiger partial charge in [-0.05, 0) is 37.3 Å². The lowest BCUT2D eigenvalue weighted by atomic mass is 10.0. The predicted molar refractivity (Wildman–Crippen MR) is 150 cm³/mol. The summed E-state index contributed by atoms with van der Waals surface area (Å²) in [5.74, 6) is -4.23. The molecule has 15 nitrogen and oxygen atoms in total. The fraction of sp³-hybridized carbons (Fsp3) is 0.462. The average molecular weight is 572 g/mol. The molecule has 0 bridgehead atoms. The van der Waals surface area contributed by atoms with E-state index in [1.807, 2.05) is 24.3 Å². The summed E-state index contributed by atoms with van der Waals surface area (Å²) < 4.78 is 0. The van der Waals surface area contributed by atoms with E-state index in [1.165, 1.54) is 4.90 Å². The number of nitrogens with zero attached hydrogens (tertiary/aromatic N) is 2. The molecule has 4 atom stereocenters. The quantitative estimate of drug-likeness (QED) is 0.0707. The lowest BCUT2D eigenvalue weighted by Gasteiger charge is -2.29. The summed E-state index contributed by atoms with van der Waals surface area (Å²) in [6.45, 7) is 0.464. The van der Waals surface area contributed by atoms with Crippen LogP contribution in [0.3, 0.4) is 0 Å².